The van der Waals surface area contributed by atoms with Crippen molar-refractivity contribution in [1.29, 1.82) is 0 Å². The number of methoxy groups -OCH3 is 1. The smallest absolute Gasteiger partial charge is 0.387 e. The summed E-state index contributed by atoms with van der Waals surface area (Å²) in [5.41, 5.74) is 0.175. The maximum Gasteiger partial charge on any atom is 0.387 e. The van der Waals surface area contributed by atoms with Crippen molar-refractivity contribution in [2.24, 2.45) is 10.4 Å². The molecular weight excluding hydrogens is 332 g/mol. The number of hydrogen-bond donors (Lipinski definition) is 3. The third-order valence-corrected chi connectivity index (χ3v) is 3.40. The Morgan fingerprint density at radius 2 is 2.04 bits per heavy atom. The number of benzene rings is 1. The van der Waals surface area contributed by atoms with Crippen LogP contribution in [0.25, 0.3) is 0 Å². The minimum atomic E-state index is -2.91. The molecule has 0 atom stereocenters. The molecule has 3 N–H and O–H groups in total. The fourth-order valence-corrected chi connectivity index (χ4v) is 1.90. The molecule has 1 rings (SSSR count). The number of guanidine groups is 1. The van der Waals surface area contributed by atoms with Crippen LogP contribution in [0.5, 0.6) is 11.5 Å². The molecule has 0 heterocycles. The molecule has 0 aliphatic rings. The molecule has 6 nitrogen and oxygen atoms in total. The number of aliphatic hydroxyl groups is 1. The molecule has 0 saturated carbocycles. The Hall–Kier alpha value is -2.09. The van der Waals surface area contributed by atoms with Crippen molar-refractivity contribution in [3.63, 3.8) is 0 Å². The molecule has 0 spiro atoms. The molecule has 0 aliphatic heterocycles. The molecule has 1 aromatic rings. The second-order valence-electron chi connectivity index (χ2n) is 6.22. The Labute approximate surface area is 147 Å². The van der Waals surface area contributed by atoms with Crippen LogP contribution in [0.2, 0.25) is 0 Å². The lowest BCUT2D eigenvalue weighted by Crippen LogP contribution is -2.43. The third-order valence-electron chi connectivity index (χ3n) is 3.40. The van der Waals surface area contributed by atoms with Gasteiger partial charge in [0.2, 0.25) is 0 Å². The highest BCUT2D eigenvalue weighted by atomic mass is 19.3. The van der Waals surface area contributed by atoms with Gasteiger partial charge in [0.1, 0.15) is 11.5 Å². The van der Waals surface area contributed by atoms with Crippen molar-refractivity contribution < 1.29 is 23.4 Å². The summed E-state index contributed by atoms with van der Waals surface area (Å²) >= 11 is 0. The molecular formula is C17H27F2N3O3. The van der Waals surface area contributed by atoms with Crippen molar-refractivity contribution in [2.75, 3.05) is 26.8 Å². The Kier molecular flexibility index (Phi) is 8.40. The van der Waals surface area contributed by atoms with E-state index in [0.717, 1.165) is 0 Å². The summed E-state index contributed by atoms with van der Waals surface area (Å²) in [5, 5.41) is 15.5. The van der Waals surface area contributed by atoms with Crippen LogP contribution in [0.3, 0.4) is 0 Å². The lowest BCUT2D eigenvalue weighted by Gasteiger charge is -2.23. The topological polar surface area (TPSA) is 75.1 Å². The molecule has 0 amide bonds. The number of rotatable bonds is 9. The van der Waals surface area contributed by atoms with E-state index < -0.39 is 6.61 Å². The predicted molar refractivity (Wildman–Crippen MR) is 93.3 cm³/mol. The molecule has 25 heavy (non-hydrogen) atoms. The van der Waals surface area contributed by atoms with Gasteiger partial charge in [-0.3, -0.25) is 0 Å². The molecule has 142 valence electrons. The van der Waals surface area contributed by atoms with Crippen molar-refractivity contribution >= 4 is 5.96 Å². The predicted octanol–water partition coefficient (Wildman–Crippen LogP) is 2.37. The lowest BCUT2D eigenvalue weighted by atomic mass is 9.95. The van der Waals surface area contributed by atoms with Gasteiger partial charge < -0.3 is 25.2 Å². The van der Waals surface area contributed by atoms with Gasteiger partial charge >= 0.3 is 6.61 Å². The molecule has 1 aromatic carbocycles. The second-order valence-corrected chi connectivity index (χ2v) is 6.22. The van der Waals surface area contributed by atoms with Crippen LogP contribution in [-0.2, 0) is 6.54 Å². The highest BCUT2D eigenvalue weighted by Gasteiger charge is 2.17. The highest BCUT2D eigenvalue weighted by Crippen LogP contribution is 2.26. The standard InChI is InChI=1S/C17H27F2N3O3/c1-5-20-16(22-10-17(2,3)11-23)21-9-12-8-13(24-4)6-7-14(12)25-15(18)19/h6-8,15,23H,5,9-11H2,1-4H3,(H2,20,21,22). The van der Waals surface area contributed by atoms with Crippen LogP contribution >= 0.6 is 0 Å². The van der Waals surface area contributed by atoms with Gasteiger partial charge in [-0.05, 0) is 25.1 Å². The first-order chi connectivity index (χ1) is 11.8. The van der Waals surface area contributed by atoms with Gasteiger partial charge in [-0.25, -0.2) is 4.99 Å². The van der Waals surface area contributed by atoms with Gasteiger partial charge in [-0.2, -0.15) is 8.78 Å². The summed E-state index contributed by atoms with van der Waals surface area (Å²) in [6.07, 6.45) is 0. The summed E-state index contributed by atoms with van der Waals surface area (Å²) in [6.45, 7) is 4.16. The molecule has 0 radical (unpaired) electrons. The van der Waals surface area contributed by atoms with Crippen molar-refractivity contribution in [3.8, 4) is 11.5 Å². The fourth-order valence-electron chi connectivity index (χ4n) is 1.90. The number of halogens is 2. The zero-order valence-corrected chi connectivity index (χ0v) is 15.1. The summed E-state index contributed by atoms with van der Waals surface area (Å²) < 4.78 is 34.8. The molecule has 0 aliphatic carbocycles. The number of aliphatic hydroxyl groups excluding tert-OH is 1. The first-order valence-electron chi connectivity index (χ1n) is 8.06. The molecule has 0 unspecified atom stereocenters. The van der Waals surface area contributed by atoms with E-state index in [9.17, 15) is 13.9 Å². The largest absolute Gasteiger partial charge is 0.497 e. The zero-order valence-electron chi connectivity index (χ0n) is 15.1. The summed E-state index contributed by atoms with van der Waals surface area (Å²) in [5.74, 6) is 1.12. The fraction of sp³-hybridized carbons (Fsp3) is 0.588. The Morgan fingerprint density at radius 1 is 1.32 bits per heavy atom. The van der Waals surface area contributed by atoms with Crippen molar-refractivity contribution in [3.05, 3.63) is 23.8 Å². The van der Waals surface area contributed by atoms with Crippen molar-refractivity contribution in [2.45, 2.75) is 33.9 Å². The molecule has 0 fully saturated rings. The number of aliphatic imine (C=N–C) groups is 1. The maximum absolute atomic E-state index is 12.6. The SMILES string of the molecule is CCNC(=NCc1cc(OC)ccc1OC(F)F)NCC(C)(C)CO. The Bertz CT molecular complexity index is 566. The van der Waals surface area contributed by atoms with Gasteiger partial charge in [0.25, 0.3) is 0 Å². The monoisotopic (exact) mass is 359 g/mol. The lowest BCUT2D eigenvalue weighted by molar-refractivity contribution is -0.0504. The van der Waals surface area contributed by atoms with Gasteiger partial charge in [-0.1, -0.05) is 13.8 Å². The quantitative estimate of drug-likeness (QED) is 0.466. The average molecular weight is 359 g/mol. The van der Waals surface area contributed by atoms with E-state index in [-0.39, 0.29) is 24.3 Å². The van der Waals surface area contributed by atoms with Crippen LogP contribution in [0.1, 0.15) is 26.3 Å². The Morgan fingerprint density at radius 3 is 2.60 bits per heavy atom. The summed E-state index contributed by atoms with van der Waals surface area (Å²) in [6, 6.07) is 4.60. The highest BCUT2D eigenvalue weighted by molar-refractivity contribution is 5.79. The minimum Gasteiger partial charge on any atom is -0.497 e. The van der Waals surface area contributed by atoms with E-state index in [1.54, 1.807) is 12.1 Å². The van der Waals surface area contributed by atoms with Gasteiger partial charge in [0, 0.05) is 30.7 Å². The third kappa shape index (κ3) is 7.55. The first-order valence-corrected chi connectivity index (χ1v) is 8.06. The second kappa shape index (κ2) is 10.0. The van der Waals surface area contributed by atoms with E-state index in [1.165, 1.54) is 13.2 Å². The number of hydrogen-bond acceptors (Lipinski definition) is 4. The van der Waals surface area contributed by atoms with Crippen LogP contribution in [0.4, 0.5) is 8.78 Å². The van der Waals surface area contributed by atoms with Crippen LogP contribution in [0, 0.1) is 5.41 Å². The number of ether oxygens (including phenoxy) is 2. The molecule has 0 saturated heterocycles. The van der Waals surface area contributed by atoms with Crippen LogP contribution < -0.4 is 20.1 Å². The molecule has 8 heteroatoms. The zero-order chi connectivity index (χ0) is 18.9. The van der Waals surface area contributed by atoms with E-state index in [1.807, 2.05) is 20.8 Å². The van der Waals surface area contributed by atoms with Gasteiger partial charge in [0.15, 0.2) is 5.96 Å². The maximum atomic E-state index is 12.6. The van der Waals surface area contributed by atoms with Gasteiger partial charge in [-0.15, -0.1) is 0 Å². The van der Waals surface area contributed by atoms with E-state index in [0.29, 0.717) is 30.4 Å². The van der Waals surface area contributed by atoms with Crippen LogP contribution in [-0.4, -0.2) is 44.5 Å². The normalized spacial score (nSPS) is 12.2. The first kappa shape index (κ1) is 21.0. The Balaban J connectivity index is 2.92. The van der Waals surface area contributed by atoms with E-state index in [4.69, 9.17) is 4.74 Å². The van der Waals surface area contributed by atoms with E-state index in [2.05, 4.69) is 20.4 Å². The number of alkyl halides is 2. The summed E-state index contributed by atoms with van der Waals surface area (Å²) in [4.78, 5) is 4.40. The molecule has 0 aromatic heterocycles. The average Bonchev–Trinajstić information content (AvgIpc) is 2.58. The number of nitrogens with one attached hydrogen (secondary N) is 2. The van der Waals surface area contributed by atoms with Gasteiger partial charge in [0.05, 0.1) is 13.7 Å². The van der Waals surface area contributed by atoms with Crippen molar-refractivity contribution in [1.82, 2.24) is 10.6 Å². The summed E-state index contributed by atoms with van der Waals surface area (Å²) in [7, 11) is 1.50. The van der Waals surface area contributed by atoms with Crippen LogP contribution in [0.15, 0.2) is 23.2 Å². The van der Waals surface area contributed by atoms with E-state index >= 15 is 0 Å². The number of nitrogens with zero attached hydrogens (tertiary/aromatic N) is 1. The molecule has 0 bridgehead atoms. The minimum absolute atomic E-state index is 0.0294.